The summed E-state index contributed by atoms with van der Waals surface area (Å²) in [4.78, 5) is 11.4. The van der Waals surface area contributed by atoms with Gasteiger partial charge < -0.3 is 11.1 Å². The lowest BCUT2D eigenvalue weighted by atomic mass is 9.77. The van der Waals surface area contributed by atoms with Crippen molar-refractivity contribution in [3.63, 3.8) is 0 Å². The van der Waals surface area contributed by atoms with Crippen molar-refractivity contribution < 1.29 is 4.79 Å². The second-order valence-electron chi connectivity index (χ2n) is 3.34. The van der Waals surface area contributed by atoms with E-state index < -0.39 is 5.54 Å². The normalized spacial score (nSPS) is 19.4. The molecule has 1 amide bonds. The first kappa shape index (κ1) is 9.26. The highest BCUT2D eigenvalue weighted by molar-refractivity contribution is 5.86. The van der Waals surface area contributed by atoms with Gasteiger partial charge in [0.05, 0.1) is 5.54 Å². The largest absolute Gasteiger partial charge is 0.354 e. The maximum Gasteiger partial charge on any atom is 0.240 e. The van der Waals surface area contributed by atoms with E-state index in [0.29, 0.717) is 6.54 Å². The van der Waals surface area contributed by atoms with Crippen molar-refractivity contribution in [2.75, 3.05) is 6.54 Å². The molecule has 1 aliphatic carbocycles. The Morgan fingerprint density at radius 3 is 2.75 bits per heavy atom. The molecular weight excluding hydrogens is 152 g/mol. The molecule has 1 aliphatic rings. The second kappa shape index (κ2) is 3.72. The van der Waals surface area contributed by atoms with Crippen molar-refractivity contribution in [3.8, 4) is 0 Å². The van der Waals surface area contributed by atoms with Crippen LogP contribution >= 0.6 is 0 Å². The highest BCUT2D eigenvalue weighted by atomic mass is 16.2. The topological polar surface area (TPSA) is 55.1 Å². The van der Waals surface area contributed by atoms with Crippen LogP contribution in [0.4, 0.5) is 0 Å². The van der Waals surface area contributed by atoms with Gasteiger partial charge in [0.15, 0.2) is 0 Å². The van der Waals surface area contributed by atoms with Crippen LogP contribution in [-0.4, -0.2) is 18.0 Å². The van der Waals surface area contributed by atoms with Crippen LogP contribution in [0.15, 0.2) is 12.7 Å². The average molecular weight is 168 g/mol. The first-order valence-corrected chi connectivity index (χ1v) is 4.37. The quantitative estimate of drug-likeness (QED) is 0.476. The van der Waals surface area contributed by atoms with Crippen molar-refractivity contribution in [2.24, 2.45) is 5.73 Å². The Bertz CT molecular complexity index is 185. The lowest BCUT2D eigenvalue weighted by molar-refractivity contribution is -0.129. The van der Waals surface area contributed by atoms with E-state index in [2.05, 4.69) is 11.9 Å². The Hall–Kier alpha value is -0.830. The summed E-state index contributed by atoms with van der Waals surface area (Å²) >= 11 is 0. The molecule has 3 N–H and O–H groups in total. The molecule has 0 saturated heterocycles. The summed E-state index contributed by atoms with van der Waals surface area (Å²) in [7, 11) is 0. The van der Waals surface area contributed by atoms with Gasteiger partial charge in [-0.25, -0.2) is 0 Å². The standard InChI is InChI=1S/C9H16N2O/c1-2-3-7-11-8(12)9(10)5-4-6-9/h2H,1,3-7,10H2,(H,11,12). The summed E-state index contributed by atoms with van der Waals surface area (Å²) in [6, 6.07) is 0. The molecule has 0 aromatic carbocycles. The van der Waals surface area contributed by atoms with Gasteiger partial charge in [-0.1, -0.05) is 6.08 Å². The first-order valence-electron chi connectivity index (χ1n) is 4.37. The maximum atomic E-state index is 11.4. The molecule has 1 rings (SSSR count). The van der Waals surface area contributed by atoms with Crippen molar-refractivity contribution in [1.29, 1.82) is 0 Å². The van der Waals surface area contributed by atoms with Crippen molar-refractivity contribution in [1.82, 2.24) is 5.32 Å². The molecule has 68 valence electrons. The fourth-order valence-electron chi connectivity index (χ4n) is 1.25. The van der Waals surface area contributed by atoms with Crippen molar-refractivity contribution in [2.45, 2.75) is 31.2 Å². The lowest BCUT2D eigenvalue weighted by Gasteiger charge is -2.36. The van der Waals surface area contributed by atoms with E-state index in [0.717, 1.165) is 25.7 Å². The van der Waals surface area contributed by atoms with Gasteiger partial charge in [-0.15, -0.1) is 6.58 Å². The summed E-state index contributed by atoms with van der Waals surface area (Å²) in [6.07, 6.45) is 5.32. The zero-order valence-electron chi connectivity index (χ0n) is 7.31. The van der Waals surface area contributed by atoms with E-state index in [1.54, 1.807) is 6.08 Å². The number of nitrogens with two attached hydrogens (primary N) is 1. The Balaban J connectivity index is 2.23. The molecule has 1 saturated carbocycles. The van der Waals surface area contributed by atoms with Crippen LogP contribution in [0, 0.1) is 0 Å². The van der Waals surface area contributed by atoms with Crippen LogP contribution in [0.2, 0.25) is 0 Å². The minimum atomic E-state index is -0.554. The van der Waals surface area contributed by atoms with Crippen molar-refractivity contribution >= 4 is 5.91 Å². The molecular formula is C9H16N2O. The third-order valence-electron chi connectivity index (χ3n) is 2.33. The molecule has 0 aliphatic heterocycles. The lowest BCUT2D eigenvalue weighted by Crippen LogP contribution is -2.58. The molecule has 12 heavy (non-hydrogen) atoms. The third-order valence-corrected chi connectivity index (χ3v) is 2.33. The number of hydrogen-bond donors (Lipinski definition) is 2. The summed E-state index contributed by atoms with van der Waals surface area (Å²) in [5, 5.41) is 2.79. The number of carbonyl (C=O) groups is 1. The van der Waals surface area contributed by atoms with Gasteiger partial charge in [0.25, 0.3) is 0 Å². The Morgan fingerprint density at radius 2 is 2.33 bits per heavy atom. The van der Waals surface area contributed by atoms with Crippen LogP contribution in [-0.2, 0) is 4.79 Å². The van der Waals surface area contributed by atoms with Crippen LogP contribution in [0.25, 0.3) is 0 Å². The summed E-state index contributed by atoms with van der Waals surface area (Å²) in [6.45, 7) is 4.23. The van der Waals surface area contributed by atoms with Crippen LogP contribution in [0.5, 0.6) is 0 Å². The summed E-state index contributed by atoms with van der Waals surface area (Å²) < 4.78 is 0. The van der Waals surface area contributed by atoms with Gasteiger partial charge in [-0.3, -0.25) is 4.79 Å². The monoisotopic (exact) mass is 168 g/mol. The number of nitrogens with one attached hydrogen (secondary N) is 1. The Labute approximate surface area is 73.0 Å². The number of carbonyl (C=O) groups excluding carboxylic acids is 1. The van der Waals surface area contributed by atoms with E-state index >= 15 is 0 Å². The van der Waals surface area contributed by atoms with Crippen LogP contribution < -0.4 is 11.1 Å². The third kappa shape index (κ3) is 1.85. The van der Waals surface area contributed by atoms with E-state index in [1.807, 2.05) is 0 Å². The molecule has 0 radical (unpaired) electrons. The molecule has 0 spiro atoms. The van der Waals surface area contributed by atoms with Gasteiger partial charge >= 0.3 is 0 Å². The minimum Gasteiger partial charge on any atom is -0.354 e. The molecule has 0 aromatic rings. The molecule has 0 aromatic heterocycles. The van der Waals surface area contributed by atoms with E-state index in [1.165, 1.54) is 0 Å². The SMILES string of the molecule is C=CCCNC(=O)C1(N)CCC1. The molecule has 1 fully saturated rings. The molecule has 0 heterocycles. The van der Waals surface area contributed by atoms with Crippen LogP contribution in [0.3, 0.4) is 0 Å². The second-order valence-corrected chi connectivity index (χ2v) is 3.34. The Kier molecular flexibility index (Phi) is 2.87. The first-order chi connectivity index (χ1) is 5.69. The van der Waals surface area contributed by atoms with Gasteiger partial charge in [0.2, 0.25) is 5.91 Å². The predicted octanol–water partition coefficient (Wildman–Crippen LogP) is 0.560. The number of hydrogen-bond acceptors (Lipinski definition) is 2. The minimum absolute atomic E-state index is 0.00407. The average Bonchev–Trinajstić information content (AvgIpc) is 2.00. The summed E-state index contributed by atoms with van der Waals surface area (Å²) in [5.41, 5.74) is 5.24. The van der Waals surface area contributed by atoms with Gasteiger partial charge in [0, 0.05) is 6.54 Å². The fraction of sp³-hybridized carbons (Fsp3) is 0.667. The van der Waals surface area contributed by atoms with Crippen molar-refractivity contribution in [3.05, 3.63) is 12.7 Å². The maximum absolute atomic E-state index is 11.4. The molecule has 0 bridgehead atoms. The molecule has 0 atom stereocenters. The van der Waals surface area contributed by atoms with E-state index in [-0.39, 0.29) is 5.91 Å². The highest BCUT2D eigenvalue weighted by Crippen LogP contribution is 2.28. The highest BCUT2D eigenvalue weighted by Gasteiger charge is 2.39. The smallest absolute Gasteiger partial charge is 0.240 e. The molecule has 0 unspecified atom stereocenters. The molecule has 3 heteroatoms. The predicted molar refractivity (Wildman–Crippen MR) is 48.6 cm³/mol. The van der Waals surface area contributed by atoms with Gasteiger partial charge in [-0.05, 0) is 25.7 Å². The zero-order chi connectivity index (χ0) is 9.03. The zero-order valence-corrected chi connectivity index (χ0v) is 7.31. The van der Waals surface area contributed by atoms with Crippen LogP contribution in [0.1, 0.15) is 25.7 Å². The fourth-order valence-corrected chi connectivity index (χ4v) is 1.25. The Morgan fingerprint density at radius 1 is 1.67 bits per heavy atom. The summed E-state index contributed by atoms with van der Waals surface area (Å²) in [5.74, 6) is -0.00407. The van der Waals surface area contributed by atoms with E-state index in [4.69, 9.17) is 5.73 Å². The van der Waals surface area contributed by atoms with Gasteiger partial charge in [0.1, 0.15) is 0 Å². The van der Waals surface area contributed by atoms with Gasteiger partial charge in [-0.2, -0.15) is 0 Å². The number of amides is 1. The molecule has 3 nitrogen and oxygen atoms in total. The van der Waals surface area contributed by atoms with E-state index in [9.17, 15) is 4.79 Å². The number of rotatable bonds is 4.